The first-order valence-corrected chi connectivity index (χ1v) is 15.8. The van der Waals surface area contributed by atoms with Crippen LogP contribution < -0.4 is 14.7 Å². The highest BCUT2D eigenvalue weighted by molar-refractivity contribution is 6.11. The summed E-state index contributed by atoms with van der Waals surface area (Å²) < 4.78 is 0. The number of nitrogens with zero attached hydrogens (tertiary/aromatic N) is 3. The number of anilines is 3. The average Bonchev–Trinajstić information content (AvgIpc) is 3.75. The van der Waals surface area contributed by atoms with Gasteiger partial charge in [-0.1, -0.05) is 48.5 Å². The van der Waals surface area contributed by atoms with Crippen LogP contribution in [-0.4, -0.2) is 54.2 Å². The lowest BCUT2D eigenvalue weighted by Crippen LogP contribution is -2.29. The van der Waals surface area contributed by atoms with Crippen LogP contribution in [0.2, 0.25) is 0 Å². The molecule has 3 aromatic carbocycles. The van der Waals surface area contributed by atoms with E-state index in [0.29, 0.717) is 31.7 Å². The zero-order valence-electron chi connectivity index (χ0n) is 25.3. The number of Topliss-reactive ketones (excluding diaryl/α,β-unsaturated/α-hetero) is 1. The number of carbonyl (C=O) groups excluding carboxylic acids is 4. The first-order valence-electron chi connectivity index (χ1n) is 15.8. The Morgan fingerprint density at radius 1 is 0.600 bits per heavy atom. The summed E-state index contributed by atoms with van der Waals surface area (Å²) in [7, 11) is 0. The quantitative estimate of drug-likeness (QED) is 0.453. The minimum absolute atomic E-state index is 0.0731. The van der Waals surface area contributed by atoms with Crippen molar-refractivity contribution in [2.45, 2.75) is 64.2 Å². The molecular weight excluding hydrogens is 570 g/mol. The average molecular weight is 608 g/mol. The van der Waals surface area contributed by atoms with Crippen LogP contribution in [0, 0.1) is 0 Å². The molecule has 0 bridgehead atoms. The van der Waals surface area contributed by atoms with Gasteiger partial charge in [0.25, 0.3) is 0 Å². The highest BCUT2D eigenvalue weighted by atomic mass is 16.4. The van der Waals surface area contributed by atoms with Crippen molar-refractivity contribution in [2.24, 2.45) is 0 Å². The molecule has 0 fully saturated rings. The zero-order valence-corrected chi connectivity index (χ0v) is 25.3. The lowest BCUT2D eigenvalue weighted by molar-refractivity contribution is -0.138. The van der Waals surface area contributed by atoms with Crippen molar-refractivity contribution >= 4 is 46.5 Å². The molecule has 1 N–H and O–H groups in total. The van der Waals surface area contributed by atoms with E-state index < -0.39 is 5.97 Å². The second-order valence-electron chi connectivity index (χ2n) is 11.9. The number of carboxylic acids is 1. The molecular formula is C36H37N3O6. The van der Waals surface area contributed by atoms with Crippen molar-refractivity contribution in [1.29, 1.82) is 0 Å². The van der Waals surface area contributed by atoms with Crippen molar-refractivity contribution in [2.75, 3.05) is 34.3 Å². The molecule has 5 aliphatic rings. The molecule has 5 aliphatic heterocycles. The number of carboxylic acid groups (broad SMARTS) is 1. The predicted molar refractivity (Wildman–Crippen MR) is 171 cm³/mol. The first kappa shape index (κ1) is 30.2. The molecule has 0 aliphatic carbocycles. The molecule has 3 amide bonds. The maximum Gasteiger partial charge on any atom is 0.303 e. The lowest BCUT2D eigenvalue weighted by atomic mass is 10.0. The van der Waals surface area contributed by atoms with Crippen LogP contribution in [-0.2, 0) is 44.9 Å². The second-order valence-corrected chi connectivity index (χ2v) is 11.9. The largest absolute Gasteiger partial charge is 0.481 e. The number of carbonyl (C=O) groups is 5. The normalized spacial score (nSPS) is 17.2. The van der Waals surface area contributed by atoms with Gasteiger partial charge in [-0.3, -0.25) is 24.0 Å². The number of benzene rings is 3. The summed E-state index contributed by atoms with van der Waals surface area (Å²) >= 11 is 0. The molecule has 8 rings (SSSR count). The molecule has 0 spiro atoms. The van der Waals surface area contributed by atoms with E-state index in [2.05, 4.69) is 18.2 Å². The van der Waals surface area contributed by atoms with Crippen molar-refractivity contribution in [3.63, 3.8) is 0 Å². The Kier molecular flexibility index (Phi) is 8.78. The van der Waals surface area contributed by atoms with Crippen molar-refractivity contribution in [1.82, 2.24) is 0 Å². The van der Waals surface area contributed by atoms with Crippen LogP contribution in [0.1, 0.15) is 71.1 Å². The fraction of sp³-hybridized carbons (Fsp3) is 0.361. The van der Waals surface area contributed by atoms with Gasteiger partial charge in [0.15, 0.2) is 5.78 Å². The number of aliphatic carboxylic acids is 1. The van der Waals surface area contributed by atoms with E-state index in [-0.39, 0.29) is 30.4 Å². The SMILES string of the molecule is O=C(O)CCC(=O)N1CCc2ccccc21.O=C1CCC(=O)N2CCc3cccc1c32.O=C1CCCc2cccc3c2N1CC3. The van der Waals surface area contributed by atoms with Gasteiger partial charge in [0.1, 0.15) is 0 Å². The van der Waals surface area contributed by atoms with Gasteiger partial charge in [-0.25, -0.2) is 0 Å². The van der Waals surface area contributed by atoms with Crippen molar-refractivity contribution in [3.05, 3.63) is 88.5 Å². The van der Waals surface area contributed by atoms with Crippen LogP contribution in [0.15, 0.2) is 60.7 Å². The first-order chi connectivity index (χ1) is 21.8. The van der Waals surface area contributed by atoms with Crippen molar-refractivity contribution in [3.8, 4) is 0 Å². The monoisotopic (exact) mass is 607 g/mol. The third-order valence-corrected chi connectivity index (χ3v) is 9.12. The number of ketones is 1. The van der Waals surface area contributed by atoms with E-state index in [1.807, 2.05) is 47.4 Å². The fourth-order valence-electron chi connectivity index (χ4n) is 6.92. The molecule has 3 aromatic rings. The summed E-state index contributed by atoms with van der Waals surface area (Å²) in [6, 6.07) is 19.9. The standard InChI is InChI=1S/C12H13NO3.C12H11NO2.C12H13NO/c14-11(5-6-12(15)16)13-8-7-9-3-1-2-4-10(9)13;14-10-4-5-11(15)13-7-6-8-2-1-3-9(10)12(8)13;14-11-6-2-5-9-3-1-4-10-7-8-13(11)12(9)10/h1-4H,5-8H2,(H,15,16);1-3H,4-7H2;1,3-4H,2,5-8H2. The van der Waals surface area contributed by atoms with E-state index in [1.165, 1.54) is 16.8 Å². The molecule has 0 radical (unpaired) electrons. The van der Waals surface area contributed by atoms with E-state index >= 15 is 0 Å². The number of rotatable bonds is 3. The summed E-state index contributed by atoms with van der Waals surface area (Å²) in [5.74, 6) is -0.529. The van der Waals surface area contributed by atoms with Crippen LogP contribution in [0.5, 0.6) is 0 Å². The van der Waals surface area contributed by atoms with E-state index in [9.17, 15) is 24.0 Å². The topological polar surface area (TPSA) is 115 Å². The summed E-state index contributed by atoms with van der Waals surface area (Å²) in [6.07, 6.45) is 6.23. The van der Waals surface area contributed by atoms with Gasteiger partial charge >= 0.3 is 5.97 Å². The number of fused-ring (bicyclic) bond motifs is 1. The number of para-hydroxylation sites is 3. The van der Waals surface area contributed by atoms with Crippen LogP contribution in [0.25, 0.3) is 0 Å². The molecule has 0 saturated carbocycles. The molecule has 0 atom stereocenters. The smallest absolute Gasteiger partial charge is 0.303 e. The number of hydrogen-bond donors (Lipinski definition) is 1. The molecule has 232 valence electrons. The Labute approximate surface area is 262 Å². The fourth-order valence-corrected chi connectivity index (χ4v) is 6.92. The highest BCUT2D eigenvalue weighted by Crippen LogP contribution is 2.36. The van der Waals surface area contributed by atoms with Gasteiger partial charge in [-0.05, 0) is 66.5 Å². The minimum atomic E-state index is -0.930. The van der Waals surface area contributed by atoms with Gasteiger partial charge in [-0.2, -0.15) is 0 Å². The van der Waals surface area contributed by atoms with Gasteiger partial charge < -0.3 is 19.8 Å². The summed E-state index contributed by atoms with van der Waals surface area (Å²) in [6.45, 7) is 2.29. The maximum atomic E-state index is 11.8. The maximum absolute atomic E-state index is 11.8. The van der Waals surface area contributed by atoms with E-state index in [4.69, 9.17) is 5.11 Å². The molecule has 9 nitrogen and oxygen atoms in total. The molecule has 5 heterocycles. The van der Waals surface area contributed by atoms with Crippen LogP contribution in [0.3, 0.4) is 0 Å². The van der Waals surface area contributed by atoms with Gasteiger partial charge in [0, 0.05) is 56.6 Å². The molecule has 0 saturated heterocycles. The number of amides is 3. The Balaban J connectivity index is 0.000000119. The summed E-state index contributed by atoms with van der Waals surface area (Å²) in [4.78, 5) is 62.9. The minimum Gasteiger partial charge on any atom is -0.481 e. The third-order valence-electron chi connectivity index (χ3n) is 9.12. The second kappa shape index (κ2) is 13.1. The van der Waals surface area contributed by atoms with E-state index in [0.717, 1.165) is 73.3 Å². The molecule has 0 unspecified atom stereocenters. The lowest BCUT2D eigenvalue weighted by Gasteiger charge is -2.16. The number of aryl methyl sites for hydroxylation is 1. The number of hydrogen-bond acceptors (Lipinski definition) is 5. The van der Waals surface area contributed by atoms with Crippen LogP contribution in [0.4, 0.5) is 17.1 Å². The molecule has 9 heteroatoms. The summed E-state index contributed by atoms with van der Waals surface area (Å²) in [5, 5.41) is 8.53. The van der Waals surface area contributed by atoms with E-state index in [1.54, 1.807) is 9.80 Å². The summed E-state index contributed by atoms with van der Waals surface area (Å²) in [5.41, 5.74) is 8.79. The third kappa shape index (κ3) is 6.25. The van der Waals surface area contributed by atoms with Crippen LogP contribution >= 0.6 is 0 Å². The highest BCUT2D eigenvalue weighted by Gasteiger charge is 2.32. The van der Waals surface area contributed by atoms with Gasteiger partial charge in [-0.15, -0.1) is 0 Å². The molecule has 45 heavy (non-hydrogen) atoms. The molecule has 0 aromatic heterocycles. The zero-order chi connectivity index (χ0) is 31.5. The van der Waals surface area contributed by atoms with Gasteiger partial charge in [0.05, 0.1) is 17.8 Å². The van der Waals surface area contributed by atoms with Crippen molar-refractivity contribution < 1.29 is 29.1 Å². The van der Waals surface area contributed by atoms with Gasteiger partial charge in [0.2, 0.25) is 17.7 Å². The Bertz CT molecular complexity index is 1680. The predicted octanol–water partition coefficient (Wildman–Crippen LogP) is 4.90. The Hall–Kier alpha value is -4.79. The Morgan fingerprint density at radius 2 is 1.20 bits per heavy atom. The Morgan fingerprint density at radius 3 is 1.96 bits per heavy atom.